The Kier molecular flexibility index (Phi) is 15.0. The minimum Gasteiger partial charge on any atom is -0.344 e. The summed E-state index contributed by atoms with van der Waals surface area (Å²) in [5, 5.41) is 8.63. The first-order chi connectivity index (χ1) is 22.2. The Morgan fingerprint density at radius 1 is 0.652 bits per heavy atom. The maximum atomic E-state index is 13.8. The number of unbranched alkanes of at least 4 members (excludes halogenated alkanes) is 1. The monoisotopic (exact) mass is 628 g/mol. The number of Topliss-reactive ketones (excluding diaryl/α,β-unsaturated/α-hetero) is 1. The molecule has 3 aromatic rings. The minimum absolute atomic E-state index is 0.206. The lowest BCUT2D eigenvalue weighted by molar-refractivity contribution is -0.132. The van der Waals surface area contributed by atoms with Gasteiger partial charge >= 0.3 is 0 Å². The van der Waals surface area contributed by atoms with E-state index < -0.39 is 41.9 Å². The van der Waals surface area contributed by atoms with Gasteiger partial charge in [0.2, 0.25) is 17.7 Å². The van der Waals surface area contributed by atoms with Gasteiger partial charge in [-0.25, -0.2) is 0 Å². The maximum absolute atomic E-state index is 13.8. The van der Waals surface area contributed by atoms with Gasteiger partial charge in [0.15, 0.2) is 5.78 Å². The average molecular weight is 629 g/mol. The van der Waals surface area contributed by atoms with Crippen molar-refractivity contribution in [2.75, 3.05) is 6.54 Å². The molecule has 246 valence electrons. The van der Waals surface area contributed by atoms with E-state index in [1.165, 1.54) is 12.4 Å². The molecule has 0 saturated carbocycles. The highest BCUT2D eigenvalue weighted by molar-refractivity contribution is 6.02. The Balaban J connectivity index is 1.80. The highest BCUT2D eigenvalue weighted by Gasteiger charge is 2.31. The molecule has 4 atom stereocenters. The number of ketones is 1. The average Bonchev–Trinajstić information content (AvgIpc) is 3.06. The molecule has 0 aliphatic rings. The molecule has 10 heteroatoms. The number of amides is 3. The molecular weight excluding hydrogens is 580 g/mol. The molecule has 2 aromatic carbocycles. The molecular formula is C36H48N6O4. The molecule has 3 rings (SSSR count). The van der Waals surface area contributed by atoms with Crippen LogP contribution in [0.3, 0.4) is 0 Å². The fourth-order valence-corrected chi connectivity index (χ4v) is 5.09. The second kappa shape index (κ2) is 19.2. The molecule has 0 saturated heterocycles. The Morgan fingerprint density at radius 3 is 1.78 bits per heavy atom. The second-order valence-electron chi connectivity index (χ2n) is 12.0. The van der Waals surface area contributed by atoms with Crippen molar-refractivity contribution in [3.05, 3.63) is 102 Å². The number of nitrogens with zero attached hydrogens (tertiary/aromatic N) is 1. The Hall–Kier alpha value is -4.41. The first kappa shape index (κ1) is 36.1. The Bertz CT molecular complexity index is 1370. The summed E-state index contributed by atoms with van der Waals surface area (Å²) >= 11 is 0. The number of hydrogen-bond acceptors (Lipinski definition) is 7. The minimum atomic E-state index is -0.982. The van der Waals surface area contributed by atoms with Crippen LogP contribution in [0.1, 0.15) is 67.4 Å². The van der Waals surface area contributed by atoms with Crippen molar-refractivity contribution in [3.8, 4) is 0 Å². The third-order valence-electron chi connectivity index (χ3n) is 7.76. The lowest BCUT2D eigenvalue weighted by atomic mass is 9.97. The summed E-state index contributed by atoms with van der Waals surface area (Å²) in [6.07, 6.45) is 6.35. The molecule has 46 heavy (non-hydrogen) atoms. The van der Waals surface area contributed by atoms with E-state index in [-0.39, 0.29) is 18.1 Å². The topological polar surface area (TPSA) is 169 Å². The van der Waals surface area contributed by atoms with Gasteiger partial charge in [0.25, 0.3) is 0 Å². The number of benzene rings is 2. The van der Waals surface area contributed by atoms with Crippen molar-refractivity contribution in [3.63, 3.8) is 0 Å². The summed E-state index contributed by atoms with van der Waals surface area (Å²) in [4.78, 5) is 58.2. The number of rotatable bonds is 19. The number of nitrogens with two attached hydrogens (primary N) is 2. The lowest BCUT2D eigenvalue weighted by Gasteiger charge is -2.26. The predicted molar refractivity (Wildman–Crippen MR) is 180 cm³/mol. The van der Waals surface area contributed by atoms with Crippen LogP contribution < -0.4 is 27.4 Å². The van der Waals surface area contributed by atoms with Gasteiger partial charge in [-0.2, -0.15) is 0 Å². The van der Waals surface area contributed by atoms with Gasteiger partial charge < -0.3 is 27.4 Å². The fourth-order valence-electron chi connectivity index (χ4n) is 5.09. The molecule has 1 aromatic heterocycles. The molecule has 7 N–H and O–H groups in total. The van der Waals surface area contributed by atoms with E-state index in [9.17, 15) is 19.2 Å². The van der Waals surface area contributed by atoms with Gasteiger partial charge in [-0.3, -0.25) is 24.2 Å². The van der Waals surface area contributed by atoms with E-state index in [0.29, 0.717) is 50.6 Å². The molecule has 0 fully saturated rings. The largest absolute Gasteiger partial charge is 0.344 e. The maximum Gasteiger partial charge on any atom is 0.243 e. The summed E-state index contributed by atoms with van der Waals surface area (Å²) in [5.41, 5.74) is 14.1. The van der Waals surface area contributed by atoms with Crippen LogP contribution in [0, 0.1) is 5.92 Å². The third kappa shape index (κ3) is 12.2. The highest BCUT2D eigenvalue weighted by Crippen LogP contribution is 2.13. The van der Waals surface area contributed by atoms with Crippen LogP contribution in [-0.2, 0) is 27.2 Å². The van der Waals surface area contributed by atoms with Gasteiger partial charge in [0, 0.05) is 24.4 Å². The fraction of sp³-hybridized carbons (Fsp3) is 0.417. The van der Waals surface area contributed by atoms with Crippen molar-refractivity contribution < 1.29 is 19.2 Å². The number of aromatic nitrogens is 1. The molecule has 1 heterocycles. The lowest BCUT2D eigenvalue weighted by Crippen LogP contribution is -2.57. The number of hydrogen-bond donors (Lipinski definition) is 5. The van der Waals surface area contributed by atoms with Crippen molar-refractivity contribution in [1.29, 1.82) is 0 Å². The second-order valence-corrected chi connectivity index (χ2v) is 12.0. The van der Waals surface area contributed by atoms with Crippen molar-refractivity contribution >= 4 is 23.5 Å². The Morgan fingerprint density at radius 2 is 1.20 bits per heavy atom. The van der Waals surface area contributed by atoms with Gasteiger partial charge in [-0.1, -0.05) is 74.5 Å². The molecule has 0 spiro atoms. The first-order valence-electron chi connectivity index (χ1n) is 16.1. The standard InChI is InChI=1S/C36H48N6O4/c1-25(2)16-17-31(35(45)40-30(15-9-10-20-37)33(43)28-18-21-39-22-19-28)41-36(46)32(24-27-13-7-4-8-14-27)42-34(44)29(38)23-26-11-5-3-6-12-26/h3-8,11-14,18-19,21-22,25,29-32H,9-10,15-17,20,23-24,37-38H2,1-2H3,(H,40,45)(H,41,46)(H,42,44)/t29-,30-,31-,32-/m1/s1. The van der Waals surface area contributed by atoms with E-state index in [1.807, 2.05) is 74.5 Å². The van der Waals surface area contributed by atoms with Crippen LogP contribution in [-0.4, -0.2) is 59.2 Å². The van der Waals surface area contributed by atoms with Gasteiger partial charge in [-0.15, -0.1) is 0 Å². The van der Waals surface area contributed by atoms with Crippen molar-refractivity contribution in [1.82, 2.24) is 20.9 Å². The highest BCUT2D eigenvalue weighted by atomic mass is 16.2. The molecule has 0 radical (unpaired) electrons. The summed E-state index contributed by atoms with van der Waals surface area (Å²) in [7, 11) is 0. The van der Waals surface area contributed by atoms with E-state index in [0.717, 1.165) is 11.1 Å². The molecule has 0 bridgehead atoms. The van der Waals surface area contributed by atoms with Crippen LogP contribution in [0.2, 0.25) is 0 Å². The van der Waals surface area contributed by atoms with Gasteiger partial charge in [0.1, 0.15) is 12.1 Å². The summed E-state index contributed by atoms with van der Waals surface area (Å²) in [6.45, 7) is 4.54. The van der Waals surface area contributed by atoms with E-state index in [2.05, 4.69) is 20.9 Å². The smallest absolute Gasteiger partial charge is 0.243 e. The third-order valence-corrected chi connectivity index (χ3v) is 7.76. The van der Waals surface area contributed by atoms with Crippen molar-refractivity contribution in [2.24, 2.45) is 17.4 Å². The molecule has 0 aliphatic heterocycles. The summed E-state index contributed by atoms with van der Waals surface area (Å²) < 4.78 is 0. The summed E-state index contributed by atoms with van der Waals surface area (Å²) in [5.74, 6) is -1.40. The van der Waals surface area contributed by atoms with Crippen LogP contribution in [0.4, 0.5) is 0 Å². The predicted octanol–water partition coefficient (Wildman–Crippen LogP) is 3.10. The zero-order valence-corrected chi connectivity index (χ0v) is 26.9. The zero-order chi connectivity index (χ0) is 33.3. The number of pyridine rings is 1. The molecule has 10 nitrogen and oxygen atoms in total. The Labute approximate surface area is 272 Å². The van der Waals surface area contributed by atoms with Crippen LogP contribution >= 0.6 is 0 Å². The molecule has 0 aliphatic carbocycles. The number of carbonyl (C=O) groups excluding carboxylic acids is 4. The van der Waals surface area contributed by atoms with Crippen molar-refractivity contribution in [2.45, 2.75) is 83.0 Å². The van der Waals surface area contributed by atoms with Crippen LogP contribution in [0.15, 0.2) is 85.2 Å². The summed E-state index contributed by atoms with van der Waals surface area (Å²) in [6, 6.07) is 18.4. The zero-order valence-electron chi connectivity index (χ0n) is 26.9. The van der Waals surface area contributed by atoms with E-state index >= 15 is 0 Å². The number of nitrogens with one attached hydrogen (secondary N) is 3. The van der Waals surface area contributed by atoms with Gasteiger partial charge in [0.05, 0.1) is 12.1 Å². The van der Waals surface area contributed by atoms with E-state index in [4.69, 9.17) is 11.5 Å². The van der Waals surface area contributed by atoms with Crippen LogP contribution in [0.25, 0.3) is 0 Å². The molecule has 0 unspecified atom stereocenters. The number of carbonyl (C=O) groups is 4. The van der Waals surface area contributed by atoms with Crippen LogP contribution in [0.5, 0.6) is 0 Å². The molecule has 3 amide bonds. The normalized spacial score (nSPS) is 13.7. The quantitative estimate of drug-likeness (QED) is 0.100. The SMILES string of the molecule is CC(C)CC[C@@H](NC(=O)[C@@H](Cc1ccccc1)NC(=O)[C@H](N)Cc1ccccc1)C(=O)N[C@H](CCCCN)C(=O)c1ccncc1. The first-order valence-corrected chi connectivity index (χ1v) is 16.1. The van der Waals surface area contributed by atoms with Gasteiger partial charge in [-0.05, 0) is 74.2 Å². The van der Waals surface area contributed by atoms with E-state index in [1.54, 1.807) is 12.1 Å².